The van der Waals surface area contributed by atoms with Crippen LogP contribution in [0, 0.1) is 11.3 Å². The number of hydrogen-bond donors (Lipinski definition) is 0. The molecule has 1 nitrogen and oxygen atoms in total. The molecule has 0 bridgehead atoms. The van der Waals surface area contributed by atoms with Gasteiger partial charge in [-0.25, -0.2) is 0 Å². The van der Waals surface area contributed by atoms with Gasteiger partial charge in [-0.3, -0.25) is 0 Å². The van der Waals surface area contributed by atoms with Crippen molar-refractivity contribution in [3.05, 3.63) is 41.3 Å². The third-order valence-corrected chi connectivity index (χ3v) is 2.85. The Morgan fingerprint density at radius 3 is 2.92 bits per heavy atom. The summed E-state index contributed by atoms with van der Waals surface area (Å²) in [6, 6.07) is 12.3. The highest BCUT2D eigenvalue weighted by atomic mass is 32.1. The highest BCUT2D eigenvalue weighted by Gasteiger charge is 1.96. The molecule has 13 heavy (non-hydrogen) atoms. The summed E-state index contributed by atoms with van der Waals surface area (Å²) in [5.74, 6) is 0. The van der Waals surface area contributed by atoms with Gasteiger partial charge in [0.2, 0.25) is 0 Å². The Labute approximate surface area is 80.6 Å². The zero-order chi connectivity index (χ0) is 9.10. The lowest BCUT2D eigenvalue weighted by Crippen LogP contribution is -1.57. The zero-order valence-corrected chi connectivity index (χ0v) is 7.71. The second kappa shape index (κ2) is 3.42. The van der Waals surface area contributed by atoms with Crippen molar-refractivity contribution in [1.29, 1.82) is 5.26 Å². The Morgan fingerprint density at radius 2 is 2.15 bits per heavy atom. The maximum atomic E-state index is 8.37. The predicted octanol–water partition coefficient (Wildman–Crippen LogP) is 3.44. The average molecular weight is 185 g/mol. The van der Waals surface area contributed by atoms with Crippen molar-refractivity contribution in [2.24, 2.45) is 0 Å². The Morgan fingerprint density at radius 1 is 1.31 bits per heavy atom. The minimum absolute atomic E-state index is 1.13. The molecule has 0 atom stereocenters. The van der Waals surface area contributed by atoms with E-state index in [1.807, 2.05) is 24.3 Å². The Balaban J connectivity index is 2.51. The van der Waals surface area contributed by atoms with Crippen molar-refractivity contribution < 1.29 is 0 Å². The summed E-state index contributed by atoms with van der Waals surface area (Å²) >= 11 is 1.70. The maximum Gasteiger partial charge on any atom is 0.0912 e. The van der Waals surface area contributed by atoms with Crippen molar-refractivity contribution in [3.63, 3.8) is 0 Å². The monoisotopic (exact) mass is 185 g/mol. The summed E-state index contributed by atoms with van der Waals surface area (Å²) in [6.45, 7) is 0. The van der Waals surface area contributed by atoms with Crippen LogP contribution in [-0.2, 0) is 0 Å². The van der Waals surface area contributed by atoms with Gasteiger partial charge >= 0.3 is 0 Å². The normalized spacial score (nSPS) is 10.7. The number of nitrogens with zero attached hydrogens (tertiary/aromatic N) is 1. The fourth-order valence-corrected chi connectivity index (χ4v) is 2.17. The lowest BCUT2D eigenvalue weighted by atomic mass is 10.2. The molecular weight excluding hydrogens is 178 g/mol. The van der Waals surface area contributed by atoms with Crippen molar-refractivity contribution >= 4 is 27.5 Å². The molecule has 0 N–H and O–H groups in total. The summed E-state index contributed by atoms with van der Waals surface area (Å²) in [5, 5.41) is 9.61. The number of hydrogen-bond acceptors (Lipinski definition) is 2. The molecule has 0 saturated carbocycles. The fraction of sp³-hybridized carbons (Fsp3) is 0. The third-order valence-electron chi connectivity index (χ3n) is 1.77. The first-order valence-corrected chi connectivity index (χ1v) is 4.76. The Bertz CT molecular complexity index is 455. The quantitative estimate of drug-likeness (QED) is 0.624. The molecule has 2 heteroatoms. The number of allylic oxidation sites excluding steroid dienone is 1. The number of benzene rings is 1. The highest BCUT2D eigenvalue weighted by molar-refractivity contribution is 7.19. The summed E-state index contributed by atoms with van der Waals surface area (Å²) in [5.41, 5.74) is 0. The molecule has 0 spiro atoms. The molecule has 0 radical (unpaired) electrons. The van der Waals surface area contributed by atoms with E-state index in [0.29, 0.717) is 0 Å². The van der Waals surface area contributed by atoms with Crippen molar-refractivity contribution in [1.82, 2.24) is 0 Å². The zero-order valence-electron chi connectivity index (χ0n) is 6.90. The largest absolute Gasteiger partial charge is 0.193 e. The minimum Gasteiger partial charge on any atom is -0.193 e. The molecular formula is C11H7NS. The van der Waals surface area contributed by atoms with E-state index >= 15 is 0 Å². The second-order valence-electron chi connectivity index (χ2n) is 2.65. The fourth-order valence-electron chi connectivity index (χ4n) is 1.20. The van der Waals surface area contributed by atoms with E-state index in [9.17, 15) is 0 Å². The van der Waals surface area contributed by atoms with Gasteiger partial charge in [0.15, 0.2) is 0 Å². The van der Waals surface area contributed by atoms with Gasteiger partial charge in [-0.15, -0.1) is 11.3 Å². The molecule has 1 aromatic heterocycles. The van der Waals surface area contributed by atoms with Crippen LogP contribution in [0.25, 0.3) is 16.2 Å². The molecule has 0 aliphatic rings. The van der Waals surface area contributed by atoms with Crippen molar-refractivity contribution in [2.75, 3.05) is 0 Å². The van der Waals surface area contributed by atoms with Crippen LogP contribution in [0.1, 0.15) is 4.88 Å². The van der Waals surface area contributed by atoms with Crippen LogP contribution in [0.5, 0.6) is 0 Å². The minimum atomic E-state index is 1.13. The van der Waals surface area contributed by atoms with Gasteiger partial charge < -0.3 is 0 Å². The van der Waals surface area contributed by atoms with Crippen molar-refractivity contribution in [2.45, 2.75) is 0 Å². The van der Waals surface area contributed by atoms with E-state index in [1.165, 1.54) is 16.2 Å². The van der Waals surface area contributed by atoms with E-state index in [0.717, 1.165) is 4.88 Å². The molecule has 1 heterocycles. The van der Waals surface area contributed by atoms with Gasteiger partial charge in [-0.2, -0.15) is 5.26 Å². The molecule has 0 saturated heterocycles. The Kier molecular flexibility index (Phi) is 2.11. The van der Waals surface area contributed by atoms with Gasteiger partial charge in [-0.1, -0.05) is 18.2 Å². The topological polar surface area (TPSA) is 23.8 Å². The summed E-state index contributed by atoms with van der Waals surface area (Å²) < 4.78 is 1.26. The van der Waals surface area contributed by atoms with Gasteiger partial charge in [0.25, 0.3) is 0 Å². The van der Waals surface area contributed by atoms with Crippen LogP contribution in [0.3, 0.4) is 0 Å². The van der Waals surface area contributed by atoms with E-state index in [-0.39, 0.29) is 0 Å². The smallest absolute Gasteiger partial charge is 0.0912 e. The van der Waals surface area contributed by atoms with Gasteiger partial charge in [0, 0.05) is 15.7 Å². The van der Waals surface area contributed by atoms with E-state index in [1.54, 1.807) is 11.3 Å². The standard InChI is InChI=1S/C11H7NS/c12-7-3-5-10-8-9-4-1-2-6-11(9)13-10/h1-6,8H. The summed E-state index contributed by atoms with van der Waals surface area (Å²) in [7, 11) is 0. The molecule has 0 fully saturated rings. The van der Waals surface area contributed by atoms with Gasteiger partial charge in [-0.05, 0) is 23.6 Å². The molecule has 0 aliphatic carbocycles. The molecule has 0 aliphatic heterocycles. The lowest BCUT2D eigenvalue weighted by molar-refractivity contribution is 1.54. The molecule has 62 valence electrons. The van der Waals surface area contributed by atoms with Crippen LogP contribution in [-0.4, -0.2) is 0 Å². The lowest BCUT2D eigenvalue weighted by Gasteiger charge is -1.82. The predicted molar refractivity (Wildman–Crippen MR) is 56.5 cm³/mol. The van der Waals surface area contributed by atoms with Crippen LogP contribution >= 0.6 is 11.3 Å². The first-order valence-electron chi connectivity index (χ1n) is 3.95. The first kappa shape index (κ1) is 8.03. The molecule has 2 rings (SSSR count). The molecule has 2 aromatic rings. The molecule has 0 unspecified atom stereocenters. The molecule has 1 aromatic carbocycles. The summed E-state index contributed by atoms with van der Waals surface area (Å²) in [6.07, 6.45) is 3.34. The van der Waals surface area contributed by atoms with Crippen molar-refractivity contribution in [3.8, 4) is 6.07 Å². The van der Waals surface area contributed by atoms with E-state index in [4.69, 9.17) is 5.26 Å². The van der Waals surface area contributed by atoms with E-state index in [2.05, 4.69) is 18.2 Å². The Hall–Kier alpha value is -1.59. The van der Waals surface area contributed by atoms with Crippen LogP contribution in [0.4, 0.5) is 0 Å². The maximum absolute atomic E-state index is 8.37. The number of thiophene rings is 1. The average Bonchev–Trinajstić information content (AvgIpc) is 2.57. The summed E-state index contributed by atoms with van der Waals surface area (Å²) in [4.78, 5) is 1.13. The number of rotatable bonds is 1. The van der Waals surface area contributed by atoms with Gasteiger partial charge in [0.05, 0.1) is 6.07 Å². The third kappa shape index (κ3) is 1.61. The number of nitriles is 1. The van der Waals surface area contributed by atoms with Gasteiger partial charge in [0.1, 0.15) is 0 Å². The second-order valence-corrected chi connectivity index (χ2v) is 3.76. The SMILES string of the molecule is N#CC=Cc1cc2ccccc2s1. The van der Waals surface area contributed by atoms with E-state index < -0.39 is 0 Å². The highest BCUT2D eigenvalue weighted by Crippen LogP contribution is 2.25. The van der Waals surface area contributed by atoms with Crippen LogP contribution in [0.2, 0.25) is 0 Å². The van der Waals surface area contributed by atoms with Crippen LogP contribution < -0.4 is 0 Å². The first-order chi connectivity index (χ1) is 6.40. The number of fused-ring (bicyclic) bond motifs is 1. The molecule has 0 amide bonds. The van der Waals surface area contributed by atoms with Crippen LogP contribution in [0.15, 0.2) is 36.4 Å².